The first-order valence-corrected chi connectivity index (χ1v) is 21.5. The van der Waals surface area contributed by atoms with Crippen molar-refractivity contribution in [2.75, 3.05) is 0 Å². The van der Waals surface area contributed by atoms with Crippen LogP contribution in [-0.4, -0.2) is 0 Å². The van der Waals surface area contributed by atoms with E-state index in [0.29, 0.717) is 0 Å². The van der Waals surface area contributed by atoms with Crippen molar-refractivity contribution in [3.05, 3.63) is 205 Å². The third-order valence-electron chi connectivity index (χ3n) is 11.6. The van der Waals surface area contributed by atoms with Crippen molar-refractivity contribution < 1.29 is 59.9 Å². The second-order valence-electron chi connectivity index (χ2n) is 15.8. The SMILES string of the molecule is CCCCc1ccc(-c2cccc3[cH-]c(-c4ccc(-c5ccccc5)o4)cc23)cc1.CCCCc1ccc(-c2cccc3[cH-]c(-c4ccc(-c5ccccc5)o4)cc23)cc1.[Cl-].[Cl-].[Zr+4]. The molecule has 312 valence electrons. The van der Waals surface area contributed by atoms with E-state index in [1.54, 1.807) is 0 Å². The van der Waals surface area contributed by atoms with Crippen LogP contribution >= 0.6 is 0 Å². The minimum absolute atomic E-state index is 0. The number of fused-ring (bicyclic) bond motifs is 2. The number of hydrogen-bond acceptors (Lipinski definition) is 2. The predicted molar refractivity (Wildman–Crippen MR) is 253 cm³/mol. The van der Waals surface area contributed by atoms with E-state index in [2.05, 4.69) is 172 Å². The van der Waals surface area contributed by atoms with Crippen molar-refractivity contribution in [2.45, 2.75) is 52.4 Å². The molecule has 0 spiro atoms. The molecular formula is C58H50Cl2O2Zr. The molecule has 10 aromatic rings. The van der Waals surface area contributed by atoms with Crippen LogP contribution in [0.3, 0.4) is 0 Å². The molecular weight excluding hydrogens is 891 g/mol. The molecule has 2 aromatic heterocycles. The molecule has 0 unspecified atom stereocenters. The number of unbranched alkanes of at least 4 members (excludes halogenated alkanes) is 2. The van der Waals surface area contributed by atoms with Crippen molar-refractivity contribution in [3.8, 4) is 67.5 Å². The Morgan fingerprint density at radius 3 is 1.14 bits per heavy atom. The van der Waals surface area contributed by atoms with Gasteiger partial charge in [-0.2, -0.15) is 0 Å². The fourth-order valence-corrected chi connectivity index (χ4v) is 8.22. The Kier molecular flexibility index (Phi) is 16.6. The van der Waals surface area contributed by atoms with Crippen LogP contribution in [0.1, 0.15) is 50.7 Å². The molecule has 0 fully saturated rings. The van der Waals surface area contributed by atoms with Gasteiger partial charge in [-0.1, -0.05) is 182 Å². The van der Waals surface area contributed by atoms with Gasteiger partial charge in [0.05, 0.1) is 11.5 Å². The largest absolute Gasteiger partial charge is 4.00 e. The molecule has 2 nitrogen and oxygen atoms in total. The van der Waals surface area contributed by atoms with Crippen LogP contribution in [0.15, 0.2) is 203 Å². The van der Waals surface area contributed by atoms with Crippen LogP contribution in [0.25, 0.3) is 89.1 Å². The average Bonchev–Trinajstić information content (AvgIpc) is 4.15. The van der Waals surface area contributed by atoms with Gasteiger partial charge in [0.25, 0.3) is 0 Å². The summed E-state index contributed by atoms with van der Waals surface area (Å²) in [7, 11) is 0. The molecule has 63 heavy (non-hydrogen) atoms. The molecule has 0 aliphatic heterocycles. The van der Waals surface area contributed by atoms with Crippen LogP contribution in [0.2, 0.25) is 0 Å². The minimum atomic E-state index is 0. The third kappa shape index (κ3) is 10.9. The molecule has 0 atom stereocenters. The number of halogens is 2. The van der Waals surface area contributed by atoms with Crippen LogP contribution < -0.4 is 24.8 Å². The number of rotatable bonds is 12. The van der Waals surface area contributed by atoms with E-state index in [4.69, 9.17) is 8.83 Å². The molecule has 0 N–H and O–H groups in total. The Bertz CT molecular complexity index is 2730. The predicted octanol–water partition coefficient (Wildman–Crippen LogP) is 11.0. The Morgan fingerprint density at radius 1 is 0.381 bits per heavy atom. The van der Waals surface area contributed by atoms with E-state index in [9.17, 15) is 0 Å². The number of hydrogen-bond donors (Lipinski definition) is 0. The van der Waals surface area contributed by atoms with Crippen LogP contribution in [0.5, 0.6) is 0 Å². The molecule has 0 radical (unpaired) electrons. The molecule has 0 saturated heterocycles. The van der Waals surface area contributed by atoms with Crippen LogP contribution in [0.4, 0.5) is 0 Å². The van der Waals surface area contributed by atoms with E-state index in [1.807, 2.05) is 36.4 Å². The van der Waals surface area contributed by atoms with Crippen molar-refractivity contribution in [3.63, 3.8) is 0 Å². The summed E-state index contributed by atoms with van der Waals surface area (Å²) in [6.45, 7) is 4.48. The van der Waals surface area contributed by atoms with Crippen molar-refractivity contribution in [1.29, 1.82) is 0 Å². The number of benzene rings is 6. The summed E-state index contributed by atoms with van der Waals surface area (Å²) in [6, 6.07) is 68.9. The first-order chi connectivity index (χ1) is 29.6. The fourth-order valence-electron chi connectivity index (χ4n) is 8.22. The molecule has 5 heteroatoms. The summed E-state index contributed by atoms with van der Waals surface area (Å²) in [4.78, 5) is 0. The molecule has 0 amide bonds. The number of aryl methyl sites for hydroxylation is 2. The van der Waals surface area contributed by atoms with Crippen molar-refractivity contribution in [1.82, 2.24) is 0 Å². The van der Waals surface area contributed by atoms with E-state index in [1.165, 1.54) is 80.6 Å². The van der Waals surface area contributed by atoms with E-state index in [-0.39, 0.29) is 51.0 Å². The molecule has 10 rings (SSSR count). The smallest absolute Gasteiger partial charge is 1.00 e. The molecule has 8 aromatic carbocycles. The maximum Gasteiger partial charge on any atom is 4.00 e. The summed E-state index contributed by atoms with van der Waals surface area (Å²) in [5, 5.41) is 5.03. The maximum atomic E-state index is 6.18. The first kappa shape index (κ1) is 47.1. The zero-order chi connectivity index (χ0) is 40.7. The van der Waals surface area contributed by atoms with Gasteiger partial charge in [-0.3, -0.25) is 0 Å². The molecule has 0 aliphatic carbocycles. The summed E-state index contributed by atoms with van der Waals surface area (Å²) in [6.07, 6.45) is 7.27. The molecule has 0 aliphatic rings. The minimum Gasteiger partial charge on any atom is -1.00 e. The second kappa shape index (κ2) is 22.3. The fraction of sp³-hybridized carbons (Fsp3) is 0.138. The van der Waals surface area contributed by atoms with E-state index in [0.717, 1.165) is 58.1 Å². The van der Waals surface area contributed by atoms with Gasteiger partial charge in [-0.25, -0.2) is 0 Å². The second-order valence-corrected chi connectivity index (χ2v) is 15.8. The van der Waals surface area contributed by atoms with E-state index < -0.39 is 0 Å². The van der Waals surface area contributed by atoms with Gasteiger partial charge in [0, 0.05) is 11.1 Å². The van der Waals surface area contributed by atoms with Gasteiger partial charge in [0.15, 0.2) is 0 Å². The van der Waals surface area contributed by atoms with Gasteiger partial charge in [-0.15, -0.1) is 57.9 Å². The van der Waals surface area contributed by atoms with Gasteiger partial charge in [0.1, 0.15) is 11.5 Å². The van der Waals surface area contributed by atoms with Crippen LogP contribution in [0, 0.1) is 0 Å². The standard InChI is InChI=1S/2C29H25O.2ClH.Zr/c2*1-2-3-8-21-13-15-22(16-14-21)26-12-7-11-24-19-25(20-27(24)26)29-18-17-28(30-29)23-9-5-4-6-10-23;;;/h2*4-7,9-20H,2-3,8H2,1H3;2*1H;/q2*-1;;;+4/p-2. The van der Waals surface area contributed by atoms with Gasteiger partial charge < -0.3 is 33.6 Å². The summed E-state index contributed by atoms with van der Waals surface area (Å²) in [5.74, 6) is 3.62. The normalized spacial score (nSPS) is 10.7. The summed E-state index contributed by atoms with van der Waals surface area (Å²) < 4.78 is 12.4. The molecule has 0 saturated carbocycles. The summed E-state index contributed by atoms with van der Waals surface area (Å²) >= 11 is 0. The first-order valence-electron chi connectivity index (χ1n) is 21.5. The monoisotopic (exact) mass is 938 g/mol. The van der Waals surface area contributed by atoms with Gasteiger partial charge in [-0.05, 0) is 72.2 Å². The van der Waals surface area contributed by atoms with Gasteiger partial charge in [0.2, 0.25) is 0 Å². The average molecular weight is 941 g/mol. The summed E-state index contributed by atoms with van der Waals surface area (Å²) in [5.41, 5.74) is 12.4. The Hall–Kier alpha value is -5.44. The Balaban J connectivity index is 0.000000200. The zero-order valence-electron chi connectivity index (χ0n) is 35.8. The topological polar surface area (TPSA) is 26.3 Å². The maximum absolute atomic E-state index is 6.18. The Morgan fingerprint density at radius 2 is 0.762 bits per heavy atom. The Labute approximate surface area is 403 Å². The van der Waals surface area contributed by atoms with Gasteiger partial charge >= 0.3 is 26.2 Å². The number of furan rings is 2. The van der Waals surface area contributed by atoms with Crippen molar-refractivity contribution in [2.24, 2.45) is 0 Å². The molecule has 2 heterocycles. The van der Waals surface area contributed by atoms with E-state index >= 15 is 0 Å². The quantitative estimate of drug-likeness (QED) is 0.114. The molecule has 0 bridgehead atoms. The van der Waals surface area contributed by atoms with Crippen LogP contribution in [-0.2, 0) is 39.0 Å². The zero-order valence-corrected chi connectivity index (χ0v) is 39.8. The third-order valence-corrected chi connectivity index (χ3v) is 11.6. The van der Waals surface area contributed by atoms with Crippen molar-refractivity contribution >= 4 is 21.5 Å².